The molecule has 1 aromatic carbocycles. The van der Waals surface area contributed by atoms with Crippen molar-refractivity contribution < 1.29 is 14.3 Å². The smallest absolute Gasteiger partial charge is 0.304 e. The molecule has 0 bridgehead atoms. The number of halogens is 1. The van der Waals surface area contributed by atoms with Gasteiger partial charge in [0, 0.05) is 18.1 Å². The van der Waals surface area contributed by atoms with Crippen LogP contribution in [-0.2, 0) is 17.9 Å². The number of rotatable bonds is 7. The van der Waals surface area contributed by atoms with Crippen LogP contribution in [0.2, 0.25) is 5.02 Å². The molecule has 1 aromatic heterocycles. The molecule has 0 spiro atoms. The number of carbonyl (C=O) groups is 1. The van der Waals surface area contributed by atoms with E-state index in [0.29, 0.717) is 24.7 Å². The van der Waals surface area contributed by atoms with Crippen molar-refractivity contribution in [2.24, 2.45) is 0 Å². The Balaban J connectivity index is 2.03. The van der Waals surface area contributed by atoms with E-state index in [1.54, 1.807) is 6.26 Å². The molecule has 2 aromatic rings. The number of carboxylic acid groups (broad SMARTS) is 1. The Morgan fingerprint density at radius 3 is 2.75 bits per heavy atom. The summed E-state index contributed by atoms with van der Waals surface area (Å²) >= 11 is 5.97. The Bertz CT molecular complexity index is 554. The number of carboxylic acids is 1. The molecule has 0 amide bonds. The van der Waals surface area contributed by atoms with Crippen LogP contribution in [0.25, 0.3) is 0 Å². The first-order chi connectivity index (χ1) is 9.63. The highest BCUT2D eigenvalue weighted by atomic mass is 35.5. The standard InChI is InChI=1S/C15H16ClNO3/c16-13-4-1-3-12(9-13)10-17(7-6-15(18)19)11-14-5-2-8-20-14/h1-5,8-9H,6-7,10-11H2,(H,18,19). The molecule has 1 heterocycles. The van der Waals surface area contributed by atoms with E-state index in [4.69, 9.17) is 21.1 Å². The van der Waals surface area contributed by atoms with E-state index in [0.717, 1.165) is 11.3 Å². The second-order valence-electron chi connectivity index (χ2n) is 4.56. The normalized spacial score (nSPS) is 10.9. The zero-order valence-electron chi connectivity index (χ0n) is 11.0. The van der Waals surface area contributed by atoms with Gasteiger partial charge in [-0.2, -0.15) is 0 Å². The zero-order valence-corrected chi connectivity index (χ0v) is 11.7. The first-order valence-electron chi connectivity index (χ1n) is 6.34. The summed E-state index contributed by atoms with van der Waals surface area (Å²) < 4.78 is 5.32. The van der Waals surface area contributed by atoms with E-state index in [1.165, 1.54) is 0 Å². The highest BCUT2D eigenvalue weighted by Crippen LogP contribution is 2.15. The Hall–Kier alpha value is -1.78. The molecular formula is C15H16ClNO3. The largest absolute Gasteiger partial charge is 0.481 e. The fraction of sp³-hybridized carbons (Fsp3) is 0.267. The van der Waals surface area contributed by atoms with Crippen LogP contribution in [0.1, 0.15) is 17.7 Å². The van der Waals surface area contributed by atoms with Crippen LogP contribution in [0.3, 0.4) is 0 Å². The van der Waals surface area contributed by atoms with Gasteiger partial charge in [0.05, 0.1) is 19.2 Å². The number of furan rings is 1. The van der Waals surface area contributed by atoms with Crippen LogP contribution in [0.4, 0.5) is 0 Å². The topological polar surface area (TPSA) is 53.7 Å². The molecular weight excluding hydrogens is 278 g/mol. The van der Waals surface area contributed by atoms with Gasteiger partial charge in [0.25, 0.3) is 0 Å². The molecule has 20 heavy (non-hydrogen) atoms. The second-order valence-corrected chi connectivity index (χ2v) is 5.00. The predicted molar refractivity (Wildman–Crippen MR) is 76.5 cm³/mol. The summed E-state index contributed by atoms with van der Waals surface area (Å²) in [5.74, 6) is 0.0120. The van der Waals surface area contributed by atoms with Crippen LogP contribution in [-0.4, -0.2) is 22.5 Å². The molecule has 5 heteroatoms. The van der Waals surface area contributed by atoms with Gasteiger partial charge in [0.15, 0.2) is 0 Å². The molecule has 0 radical (unpaired) electrons. The van der Waals surface area contributed by atoms with E-state index in [1.807, 2.05) is 41.3 Å². The average Bonchev–Trinajstić information content (AvgIpc) is 2.89. The summed E-state index contributed by atoms with van der Waals surface area (Å²) in [5, 5.41) is 9.51. The molecule has 0 aliphatic heterocycles. The molecule has 1 N–H and O–H groups in total. The van der Waals surface area contributed by atoms with E-state index in [2.05, 4.69) is 0 Å². The lowest BCUT2D eigenvalue weighted by molar-refractivity contribution is -0.137. The van der Waals surface area contributed by atoms with Crippen LogP contribution in [0, 0.1) is 0 Å². The molecule has 0 saturated heterocycles. The van der Waals surface area contributed by atoms with Crippen molar-refractivity contribution in [3.63, 3.8) is 0 Å². The van der Waals surface area contributed by atoms with Crippen LogP contribution < -0.4 is 0 Å². The number of nitrogens with zero attached hydrogens (tertiary/aromatic N) is 1. The average molecular weight is 294 g/mol. The summed E-state index contributed by atoms with van der Waals surface area (Å²) in [7, 11) is 0. The van der Waals surface area contributed by atoms with Gasteiger partial charge in [0.2, 0.25) is 0 Å². The fourth-order valence-corrected chi connectivity index (χ4v) is 2.20. The summed E-state index contributed by atoms with van der Waals surface area (Å²) in [5.41, 5.74) is 1.05. The molecule has 0 aliphatic carbocycles. The van der Waals surface area contributed by atoms with Gasteiger partial charge < -0.3 is 9.52 Å². The lowest BCUT2D eigenvalue weighted by atomic mass is 10.2. The van der Waals surface area contributed by atoms with Crippen molar-refractivity contribution in [1.82, 2.24) is 4.90 Å². The molecule has 0 unspecified atom stereocenters. The van der Waals surface area contributed by atoms with Gasteiger partial charge in [-0.25, -0.2) is 0 Å². The van der Waals surface area contributed by atoms with Gasteiger partial charge in [0.1, 0.15) is 5.76 Å². The quantitative estimate of drug-likeness (QED) is 0.850. The minimum atomic E-state index is -0.805. The molecule has 106 valence electrons. The highest BCUT2D eigenvalue weighted by molar-refractivity contribution is 6.30. The first kappa shape index (κ1) is 14.6. The summed E-state index contributed by atoms with van der Waals surface area (Å²) in [4.78, 5) is 12.8. The van der Waals surface area contributed by atoms with Gasteiger partial charge >= 0.3 is 5.97 Å². The van der Waals surface area contributed by atoms with Gasteiger partial charge in [-0.05, 0) is 29.8 Å². The molecule has 0 fully saturated rings. The third-order valence-electron chi connectivity index (χ3n) is 2.90. The van der Waals surface area contributed by atoms with Gasteiger partial charge in [-0.1, -0.05) is 23.7 Å². The molecule has 0 saturated carbocycles. The number of aliphatic carboxylic acids is 1. The van der Waals surface area contributed by atoms with Crippen LogP contribution in [0.15, 0.2) is 47.1 Å². The Morgan fingerprint density at radius 1 is 1.25 bits per heavy atom. The number of hydrogen-bond donors (Lipinski definition) is 1. The van der Waals surface area contributed by atoms with Gasteiger partial charge in [-0.15, -0.1) is 0 Å². The maximum Gasteiger partial charge on any atom is 0.304 e. The molecule has 0 aliphatic rings. The van der Waals surface area contributed by atoms with E-state index >= 15 is 0 Å². The monoisotopic (exact) mass is 293 g/mol. The van der Waals surface area contributed by atoms with E-state index in [-0.39, 0.29) is 6.42 Å². The van der Waals surface area contributed by atoms with Crippen LogP contribution in [0.5, 0.6) is 0 Å². The second kappa shape index (κ2) is 7.12. The predicted octanol–water partition coefficient (Wildman–Crippen LogP) is 3.41. The third-order valence-corrected chi connectivity index (χ3v) is 3.13. The summed E-state index contributed by atoms with van der Waals surface area (Å²) in [6.45, 7) is 1.67. The molecule has 0 atom stereocenters. The van der Waals surface area contributed by atoms with Crippen molar-refractivity contribution >= 4 is 17.6 Å². The Labute approximate surface area is 122 Å². The minimum Gasteiger partial charge on any atom is -0.481 e. The van der Waals surface area contributed by atoms with E-state index in [9.17, 15) is 4.79 Å². The number of hydrogen-bond acceptors (Lipinski definition) is 3. The highest BCUT2D eigenvalue weighted by Gasteiger charge is 2.11. The van der Waals surface area contributed by atoms with Crippen molar-refractivity contribution in [3.8, 4) is 0 Å². The summed E-state index contributed by atoms with van der Waals surface area (Å²) in [6, 6.07) is 11.3. The zero-order chi connectivity index (χ0) is 14.4. The van der Waals surface area contributed by atoms with Gasteiger partial charge in [-0.3, -0.25) is 9.69 Å². The lowest BCUT2D eigenvalue weighted by Gasteiger charge is -2.20. The molecule has 4 nitrogen and oxygen atoms in total. The lowest BCUT2D eigenvalue weighted by Crippen LogP contribution is -2.25. The fourth-order valence-electron chi connectivity index (χ4n) is 1.98. The summed E-state index contributed by atoms with van der Waals surface area (Å²) in [6.07, 6.45) is 1.71. The van der Waals surface area contributed by atoms with Crippen molar-refractivity contribution in [1.29, 1.82) is 0 Å². The van der Waals surface area contributed by atoms with Crippen molar-refractivity contribution in [2.45, 2.75) is 19.5 Å². The third kappa shape index (κ3) is 4.72. The Morgan fingerprint density at radius 2 is 2.10 bits per heavy atom. The molecule has 2 rings (SSSR count). The first-order valence-corrected chi connectivity index (χ1v) is 6.72. The Kier molecular flexibility index (Phi) is 5.21. The SMILES string of the molecule is O=C(O)CCN(Cc1cccc(Cl)c1)Cc1ccco1. The maximum atomic E-state index is 10.7. The van der Waals surface area contributed by atoms with E-state index < -0.39 is 5.97 Å². The maximum absolute atomic E-state index is 10.7. The minimum absolute atomic E-state index is 0.0985. The number of benzene rings is 1. The van der Waals surface area contributed by atoms with Crippen molar-refractivity contribution in [3.05, 3.63) is 59.0 Å². The van der Waals surface area contributed by atoms with Crippen LogP contribution >= 0.6 is 11.6 Å². The van der Waals surface area contributed by atoms with Crippen molar-refractivity contribution in [2.75, 3.05) is 6.54 Å².